The molecular weight excluding hydrogens is 248 g/mol. The van der Waals surface area contributed by atoms with Crippen LogP contribution in [0.1, 0.15) is 31.4 Å². The van der Waals surface area contributed by atoms with Crippen LogP contribution in [0.5, 0.6) is 5.75 Å². The summed E-state index contributed by atoms with van der Waals surface area (Å²) in [5.41, 5.74) is 6.84. The highest BCUT2D eigenvalue weighted by molar-refractivity contribution is 6.32. The Labute approximate surface area is 114 Å². The largest absolute Gasteiger partial charge is 0.491 e. The van der Waals surface area contributed by atoms with Crippen LogP contribution in [0.15, 0.2) is 18.2 Å². The predicted octanol–water partition coefficient (Wildman–Crippen LogP) is 2.83. The third-order valence-electron chi connectivity index (χ3n) is 3.35. The highest BCUT2D eigenvalue weighted by atomic mass is 35.5. The summed E-state index contributed by atoms with van der Waals surface area (Å²) in [7, 11) is 0. The van der Waals surface area contributed by atoms with Gasteiger partial charge in [-0.3, -0.25) is 4.90 Å². The van der Waals surface area contributed by atoms with E-state index >= 15 is 0 Å². The number of likely N-dealkylation sites (tertiary alicyclic amines) is 1. The number of hydrogen-bond acceptors (Lipinski definition) is 3. The van der Waals surface area contributed by atoms with Gasteiger partial charge in [-0.05, 0) is 50.6 Å². The zero-order chi connectivity index (χ0) is 13.0. The molecule has 1 heterocycles. The summed E-state index contributed by atoms with van der Waals surface area (Å²) >= 11 is 6.17. The van der Waals surface area contributed by atoms with Gasteiger partial charge in [-0.2, -0.15) is 0 Å². The van der Waals surface area contributed by atoms with Crippen LogP contribution in [0.25, 0.3) is 0 Å². The van der Waals surface area contributed by atoms with E-state index in [0.717, 1.165) is 17.9 Å². The summed E-state index contributed by atoms with van der Waals surface area (Å²) in [5.74, 6) is 0.750. The zero-order valence-electron chi connectivity index (χ0n) is 10.9. The number of hydrogen-bond donors (Lipinski definition) is 1. The Hall–Kier alpha value is -0.770. The van der Waals surface area contributed by atoms with Gasteiger partial charge in [-0.1, -0.05) is 17.7 Å². The van der Waals surface area contributed by atoms with Crippen LogP contribution in [0.3, 0.4) is 0 Å². The molecule has 1 aliphatic heterocycles. The van der Waals surface area contributed by atoms with Crippen molar-refractivity contribution in [1.82, 2.24) is 4.90 Å². The number of halogens is 1. The first kappa shape index (κ1) is 13.7. The first-order valence-electron chi connectivity index (χ1n) is 6.57. The topological polar surface area (TPSA) is 38.5 Å². The van der Waals surface area contributed by atoms with Gasteiger partial charge in [0.15, 0.2) is 0 Å². The monoisotopic (exact) mass is 268 g/mol. The molecule has 2 rings (SSSR count). The van der Waals surface area contributed by atoms with Crippen molar-refractivity contribution < 1.29 is 4.74 Å². The summed E-state index contributed by atoms with van der Waals surface area (Å²) in [6.07, 6.45) is 2.62. The second kappa shape index (κ2) is 6.41. The Kier molecular flexibility index (Phi) is 4.87. The van der Waals surface area contributed by atoms with Gasteiger partial charge in [0.25, 0.3) is 0 Å². The molecule has 1 atom stereocenters. The lowest BCUT2D eigenvalue weighted by atomic mass is 10.1. The van der Waals surface area contributed by atoms with Gasteiger partial charge >= 0.3 is 0 Å². The zero-order valence-corrected chi connectivity index (χ0v) is 11.6. The summed E-state index contributed by atoms with van der Waals surface area (Å²) in [5, 5.41) is 0.645. The molecule has 2 N–H and O–H groups in total. The molecule has 0 saturated carbocycles. The Balaban J connectivity index is 1.85. The van der Waals surface area contributed by atoms with Gasteiger partial charge < -0.3 is 10.5 Å². The molecule has 0 aromatic heterocycles. The third-order valence-corrected chi connectivity index (χ3v) is 3.64. The van der Waals surface area contributed by atoms with Crippen molar-refractivity contribution in [2.45, 2.75) is 25.8 Å². The summed E-state index contributed by atoms with van der Waals surface area (Å²) in [6, 6.07) is 5.77. The molecule has 0 bridgehead atoms. The maximum Gasteiger partial charge on any atom is 0.137 e. The van der Waals surface area contributed by atoms with Crippen LogP contribution < -0.4 is 10.5 Å². The normalized spacial score (nSPS) is 17.9. The van der Waals surface area contributed by atoms with E-state index in [1.54, 1.807) is 0 Å². The van der Waals surface area contributed by atoms with E-state index in [0.29, 0.717) is 11.6 Å². The van der Waals surface area contributed by atoms with Crippen LogP contribution in [0.2, 0.25) is 5.02 Å². The van der Waals surface area contributed by atoms with Crippen LogP contribution in [-0.4, -0.2) is 31.1 Å². The average Bonchev–Trinajstić information content (AvgIpc) is 2.84. The second-order valence-corrected chi connectivity index (χ2v) is 5.28. The fraction of sp³-hybridized carbons (Fsp3) is 0.571. The molecule has 1 saturated heterocycles. The molecule has 1 aliphatic rings. The van der Waals surface area contributed by atoms with Gasteiger partial charge in [-0.25, -0.2) is 0 Å². The van der Waals surface area contributed by atoms with E-state index in [4.69, 9.17) is 22.1 Å². The molecule has 0 spiro atoms. The first-order chi connectivity index (χ1) is 8.66. The molecular formula is C14H21ClN2O. The van der Waals surface area contributed by atoms with Crippen LogP contribution in [0.4, 0.5) is 0 Å². The quantitative estimate of drug-likeness (QED) is 0.892. The van der Waals surface area contributed by atoms with Crippen molar-refractivity contribution in [3.05, 3.63) is 28.8 Å². The van der Waals surface area contributed by atoms with Gasteiger partial charge in [0.1, 0.15) is 12.4 Å². The van der Waals surface area contributed by atoms with Crippen molar-refractivity contribution in [3.8, 4) is 5.75 Å². The van der Waals surface area contributed by atoms with Gasteiger partial charge in [0, 0.05) is 12.6 Å². The van der Waals surface area contributed by atoms with Crippen molar-refractivity contribution in [2.24, 2.45) is 5.73 Å². The highest BCUT2D eigenvalue weighted by Gasteiger charge is 2.11. The maximum absolute atomic E-state index is 6.17. The van der Waals surface area contributed by atoms with E-state index in [1.165, 1.54) is 25.9 Å². The summed E-state index contributed by atoms with van der Waals surface area (Å²) < 4.78 is 5.72. The van der Waals surface area contributed by atoms with E-state index in [2.05, 4.69) is 4.90 Å². The fourth-order valence-electron chi connectivity index (χ4n) is 2.21. The van der Waals surface area contributed by atoms with Gasteiger partial charge in [-0.15, -0.1) is 0 Å². The number of ether oxygens (including phenoxy) is 1. The molecule has 18 heavy (non-hydrogen) atoms. The Bertz CT molecular complexity index is 389. The molecule has 100 valence electrons. The summed E-state index contributed by atoms with van der Waals surface area (Å²) in [6.45, 7) is 6.00. The van der Waals surface area contributed by atoms with Crippen molar-refractivity contribution >= 4 is 11.6 Å². The lowest BCUT2D eigenvalue weighted by Gasteiger charge is -2.16. The molecule has 1 aromatic carbocycles. The molecule has 1 aromatic rings. The SMILES string of the molecule is C[C@@H](N)c1ccc(OCCN2CCCC2)c(Cl)c1. The summed E-state index contributed by atoms with van der Waals surface area (Å²) in [4.78, 5) is 2.42. The van der Waals surface area contributed by atoms with E-state index in [9.17, 15) is 0 Å². The Morgan fingerprint density at radius 2 is 2.11 bits per heavy atom. The molecule has 0 aliphatic carbocycles. The minimum absolute atomic E-state index is 0.00106. The van der Waals surface area contributed by atoms with Crippen molar-refractivity contribution in [3.63, 3.8) is 0 Å². The number of nitrogens with zero attached hydrogens (tertiary/aromatic N) is 1. The van der Waals surface area contributed by atoms with Crippen LogP contribution in [-0.2, 0) is 0 Å². The first-order valence-corrected chi connectivity index (χ1v) is 6.95. The molecule has 0 amide bonds. The fourth-order valence-corrected chi connectivity index (χ4v) is 2.45. The third kappa shape index (κ3) is 3.61. The highest BCUT2D eigenvalue weighted by Crippen LogP contribution is 2.27. The number of rotatable bonds is 5. The maximum atomic E-state index is 6.17. The minimum Gasteiger partial charge on any atom is -0.491 e. The Morgan fingerprint density at radius 1 is 1.39 bits per heavy atom. The second-order valence-electron chi connectivity index (χ2n) is 4.88. The van der Waals surface area contributed by atoms with E-state index in [1.807, 2.05) is 25.1 Å². The Morgan fingerprint density at radius 3 is 2.72 bits per heavy atom. The minimum atomic E-state index is 0.00106. The van der Waals surface area contributed by atoms with Crippen molar-refractivity contribution in [2.75, 3.05) is 26.2 Å². The van der Waals surface area contributed by atoms with Crippen LogP contribution >= 0.6 is 11.6 Å². The molecule has 0 unspecified atom stereocenters. The predicted molar refractivity (Wildman–Crippen MR) is 75.2 cm³/mol. The molecule has 4 heteroatoms. The average molecular weight is 269 g/mol. The smallest absolute Gasteiger partial charge is 0.137 e. The van der Waals surface area contributed by atoms with Crippen molar-refractivity contribution in [1.29, 1.82) is 0 Å². The lowest BCUT2D eigenvalue weighted by Crippen LogP contribution is -2.25. The number of benzene rings is 1. The molecule has 0 radical (unpaired) electrons. The van der Waals surface area contributed by atoms with Gasteiger partial charge in [0.05, 0.1) is 5.02 Å². The lowest BCUT2D eigenvalue weighted by molar-refractivity contribution is 0.238. The standard InChI is InChI=1S/C14H21ClN2O/c1-11(16)12-4-5-14(13(15)10-12)18-9-8-17-6-2-3-7-17/h4-5,10-11H,2-3,6-9,16H2,1H3/t11-/m1/s1. The molecule has 1 fully saturated rings. The number of nitrogens with two attached hydrogens (primary N) is 1. The van der Waals surface area contributed by atoms with Crippen LogP contribution in [0, 0.1) is 0 Å². The van der Waals surface area contributed by atoms with E-state index in [-0.39, 0.29) is 6.04 Å². The van der Waals surface area contributed by atoms with E-state index < -0.39 is 0 Å². The molecule has 3 nitrogen and oxygen atoms in total. The van der Waals surface area contributed by atoms with Gasteiger partial charge in [0.2, 0.25) is 0 Å².